The average molecular weight is 550 g/mol. The molecule has 2 heterocycles. The smallest absolute Gasteiger partial charge is 0.255 e. The number of hydrogen-bond acceptors (Lipinski definition) is 5. The SMILES string of the molecule is CCCN(CCC)Cc1ccc(NC(=O)c2ccc(CN(Cc3ncc[nH]3)Cc3nc4ccccc4[nH]3)cc2)cc1. The number of amides is 1. The molecule has 0 spiro atoms. The number of rotatable bonds is 14. The maximum absolute atomic E-state index is 13.0. The molecule has 3 aromatic carbocycles. The number of H-pyrrole nitrogens is 2. The molecule has 3 N–H and O–H groups in total. The minimum Gasteiger partial charge on any atom is -0.348 e. The summed E-state index contributed by atoms with van der Waals surface area (Å²) in [7, 11) is 0. The topological polar surface area (TPSA) is 92.9 Å². The molecule has 8 heteroatoms. The van der Waals surface area contributed by atoms with Gasteiger partial charge < -0.3 is 15.3 Å². The summed E-state index contributed by atoms with van der Waals surface area (Å²) in [4.78, 5) is 33.5. The fourth-order valence-corrected chi connectivity index (χ4v) is 5.13. The number of carbonyl (C=O) groups is 1. The number of anilines is 1. The predicted molar refractivity (Wildman–Crippen MR) is 164 cm³/mol. The van der Waals surface area contributed by atoms with Crippen molar-refractivity contribution in [3.05, 3.63) is 114 Å². The number of para-hydroxylation sites is 2. The fourth-order valence-electron chi connectivity index (χ4n) is 5.13. The standard InChI is InChI=1S/C33H39N7O/c1-3-19-39(20-4-2)21-26-11-15-28(16-12-26)36-33(41)27-13-9-25(10-14-27)22-40(23-31-34-17-18-35-31)24-32-37-29-7-5-6-8-30(29)38-32/h5-18H,3-4,19-24H2,1-2H3,(H,34,35)(H,36,41)(H,37,38). The van der Waals surface area contributed by atoms with Crippen molar-refractivity contribution >= 4 is 22.6 Å². The van der Waals surface area contributed by atoms with E-state index >= 15 is 0 Å². The van der Waals surface area contributed by atoms with Crippen molar-refractivity contribution in [3.63, 3.8) is 0 Å². The van der Waals surface area contributed by atoms with Crippen molar-refractivity contribution in [3.8, 4) is 0 Å². The van der Waals surface area contributed by atoms with Crippen molar-refractivity contribution in [2.45, 2.75) is 52.9 Å². The Labute approximate surface area is 241 Å². The number of carbonyl (C=O) groups excluding carboxylic acids is 1. The van der Waals surface area contributed by atoms with Gasteiger partial charge in [-0.15, -0.1) is 0 Å². The second-order valence-corrected chi connectivity index (χ2v) is 10.5. The summed E-state index contributed by atoms with van der Waals surface area (Å²) < 4.78 is 0. The van der Waals surface area contributed by atoms with Gasteiger partial charge in [-0.3, -0.25) is 14.6 Å². The molecule has 5 rings (SSSR count). The van der Waals surface area contributed by atoms with E-state index in [0.717, 1.165) is 66.4 Å². The summed E-state index contributed by atoms with van der Waals surface area (Å²) in [5.74, 6) is 1.69. The van der Waals surface area contributed by atoms with Gasteiger partial charge >= 0.3 is 0 Å². The van der Waals surface area contributed by atoms with Crippen LogP contribution in [0.2, 0.25) is 0 Å². The third-order valence-corrected chi connectivity index (χ3v) is 7.06. The number of nitrogens with zero attached hydrogens (tertiary/aromatic N) is 4. The van der Waals surface area contributed by atoms with Gasteiger partial charge in [-0.1, -0.05) is 50.2 Å². The zero-order valence-electron chi connectivity index (χ0n) is 23.9. The van der Waals surface area contributed by atoms with E-state index in [4.69, 9.17) is 4.98 Å². The van der Waals surface area contributed by atoms with Gasteiger partial charge in [0.25, 0.3) is 5.91 Å². The lowest BCUT2D eigenvalue weighted by molar-refractivity contribution is 0.102. The molecule has 212 valence electrons. The molecule has 0 atom stereocenters. The number of nitrogens with one attached hydrogen (secondary N) is 3. The van der Waals surface area contributed by atoms with Gasteiger partial charge in [0.2, 0.25) is 0 Å². The van der Waals surface area contributed by atoms with Crippen molar-refractivity contribution < 1.29 is 4.79 Å². The molecule has 5 aromatic rings. The second-order valence-electron chi connectivity index (χ2n) is 10.5. The summed E-state index contributed by atoms with van der Waals surface area (Å²) in [6.45, 7) is 9.55. The molecule has 0 aliphatic heterocycles. The minimum absolute atomic E-state index is 0.113. The first-order valence-corrected chi connectivity index (χ1v) is 14.5. The lowest BCUT2D eigenvalue weighted by Crippen LogP contribution is -2.24. The third-order valence-electron chi connectivity index (χ3n) is 7.06. The Morgan fingerprint density at radius 3 is 2.10 bits per heavy atom. The van der Waals surface area contributed by atoms with E-state index in [0.29, 0.717) is 25.2 Å². The summed E-state index contributed by atoms with van der Waals surface area (Å²) in [6.07, 6.45) is 5.90. The molecule has 1 amide bonds. The second kappa shape index (κ2) is 13.9. The maximum atomic E-state index is 13.0. The normalized spacial score (nSPS) is 11.5. The first-order chi connectivity index (χ1) is 20.1. The fraction of sp³-hybridized carbons (Fsp3) is 0.303. The Hall–Kier alpha value is -4.27. The Morgan fingerprint density at radius 1 is 0.780 bits per heavy atom. The van der Waals surface area contributed by atoms with Gasteiger partial charge in [0, 0.05) is 36.7 Å². The largest absolute Gasteiger partial charge is 0.348 e. The number of fused-ring (bicyclic) bond motifs is 1. The van der Waals surface area contributed by atoms with Crippen molar-refractivity contribution in [1.82, 2.24) is 29.7 Å². The first kappa shape index (κ1) is 28.3. The zero-order chi connectivity index (χ0) is 28.4. The summed E-state index contributed by atoms with van der Waals surface area (Å²) in [6, 6.07) is 24.0. The minimum atomic E-state index is -0.113. The lowest BCUT2D eigenvalue weighted by Gasteiger charge is -2.21. The molecule has 0 saturated heterocycles. The van der Waals surface area contributed by atoms with Crippen LogP contribution in [0, 0.1) is 0 Å². The quantitative estimate of drug-likeness (QED) is 0.150. The molecular formula is C33H39N7O. The number of aromatic nitrogens is 4. The Morgan fingerprint density at radius 2 is 1.44 bits per heavy atom. The van der Waals surface area contributed by atoms with Crippen LogP contribution in [0.4, 0.5) is 5.69 Å². The van der Waals surface area contributed by atoms with Crippen molar-refractivity contribution in [1.29, 1.82) is 0 Å². The van der Waals surface area contributed by atoms with Gasteiger partial charge in [0.1, 0.15) is 11.6 Å². The highest BCUT2D eigenvalue weighted by Crippen LogP contribution is 2.17. The van der Waals surface area contributed by atoms with Crippen LogP contribution in [0.3, 0.4) is 0 Å². The Balaban J connectivity index is 1.20. The van der Waals surface area contributed by atoms with Crippen LogP contribution in [-0.2, 0) is 26.2 Å². The van der Waals surface area contributed by atoms with Crippen LogP contribution in [-0.4, -0.2) is 48.7 Å². The molecule has 0 aliphatic rings. The van der Waals surface area contributed by atoms with E-state index in [-0.39, 0.29) is 5.91 Å². The molecule has 2 aromatic heterocycles. The average Bonchev–Trinajstić information content (AvgIpc) is 3.64. The highest BCUT2D eigenvalue weighted by molar-refractivity contribution is 6.04. The third kappa shape index (κ3) is 7.90. The highest BCUT2D eigenvalue weighted by atomic mass is 16.1. The van der Waals surface area contributed by atoms with Gasteiger partial charge in [0.05, 0.1) is 24.1 Å². The van der Waals surface area contributed by atoms with Gasteiger partial charge in [-0.05, 0) is 73.5 Å². The number of aromatic amines is 2. The molecule has 0 saturated carbocycles. The maximum Gasteiger partial charge on any atom is 0.255 e. The van der Waals surface area contributed by atoms with E-state index in [2.05, 4.69) is 56.0 Å². The molecule has 0 bridgehead atoms. The molecular weight excluding hydrogens is 510 g/mol. The Bertz CT molecular complexity index is 1470. The van der Waals surface area contributed by atoms with Crippen LogP contribution in [0.5, 0.6) is 0 Å². The summed E-state index contributed by atoms with van der Waals surface area (Å²) in [5, 5.41) is 3.04. The van der Waals surface area contributed by atoms with Gasteiger partial charge in [0.15, 0.2) is 0 Å². The molecule has 0 aliphatic carbocycles. The van der Waals surface area contributed by atoms with Crippen LogP contribution >= 0.6 is 0 Å². The van der Waals surface area contributed by atoms with Gasteiger partial charge in [-0.25, -0.2) is 9.97 Å². The van der Waals surface area contributed by atoms with E-state index in [1.54, 1.807) is 6.20 Å². The number of benzene rings is 3. The number of imidazole rings is 2. The molecule has 0 radical (unpaired) electrons. The van der Waals surface area contributed by atoms with E-state index in [9.17, 15) is 4.79 Å². The van der Waals surface area contributed by atoms with Crippen LogP contribution < -0.4 is 5.32 Å². The van der Waals surface area contributed by atoms with Gasteiger partial charge in [-0.2, -0.15) is 0 Å². The van der Waals surface area contributed by atoms with Crippen LogP contribution in [0.25, 0.3) is 11.0 Å². The molecule has 0 fully saturated rings. The zero-order valence-corrected chi connectivity index (χ0v) is 23.9. The molecule has 8 nitrogen and oxygen atoms in total. The van der Waals surface area contributed by atoms with Crippen molar-refractivity contribution in [2.24, 2.45) is 0 Å². The molecule has 41 heavy (non-hydrogen) atoms. The Kier molecular flexibility index (Phi) is 9.57. The summed E-state index contributed by atoms with van der Waals surface area (Å²) >= 11 is 0. The first-order valence-electron chi connectivity index (χ1n) is 14.5. The monoisotopic (exact) mass is 549 g/mol. The summed E-state index contributed by atoms with van der Waals surface area (Å²) in [5.41, 5.74) is 5.79. The van der Waals surface area contributed by atoms with Crippen LogP contribution in [0.1, 0.15) is 59.8 Å². The molecule has 0 unspecified atom stereocenters. The lowest BCUT2D eigenvalue weighted by atomic mass is 10.1. The van der Waals surface area contributed by atoms with E-state index in [1.807, 2.05) is 66.9 Å². The highest BCUT2D eigenvalue weighted by Gasteiger charge is 2.14. The predicted octanol–water partition coefficient (Wildman–Crippen LogP) is 6.36. The van der Waals surface area contributed by atoms with E-state index in [1.165, 1.54) is 5.56 Å². The van der Waals surface area contributed by atoms with Crippen LogP contribution in [0.15, 0.2) is 85.2 Å². The van der Waals surface area contributed by atoms with E-state index < -0.39 is 0 Å². The van der Waals surface area contributed by atoms with Crippen molar-refractivity contribution in [2.75, 3.05) is 18.4 Å². The number of hydrogen-bond donors (Lipinski definition) is 3.